The van der Waals surface area contributed by atoms with Crippen LogP contribution in [0, 0.1) is 0 Å². The van der Waals surface area contributed by atoms with Gasteiger partial charge in [0, 0.05) is 12.1 Å². The lowest BCUT2D eigenvalue weighted by molar-refractivity contribution is -0.123. The maximum atomic E-state index is 12.1. The third-order valence-electron chi connectivity index (χ3n) is 4.12. The third kappa shape index (κ3) is 6.95. The molecule has 2 unspecified atom stereocenters. The summed E-state index contributed by atoms with van der Waals surface area (Å²) in [5.74, 6) is 0.175. The molecule has 1 aliphatic rings. The molecule has 2 N–H and O–H groups in total. The van der Waals surface area contributed by atoms with Gasteiger partial charge in [-0.2, -0.15) is 0 Å². The normalized spacial score (nSPS) is 19.9. The zero-order valence-corrected chi connectivity index (χ0v) is 13.0. The molecule has 3 heteroatoms. The molecule has 0 bridgehead atoms. The van der Waals surface area contributed by atoms with E-state index in [0.717, 1.165) is 19.3 Å². The maximum absolute atomic E-state index is 12.1. The predicted octanol–water partition coefficient (Wildman–Crippen LogP) is 3.38. The average Bonchev–Trinajstić information content (AvgIpc) is 2.40. The molecule has 0 aromatic heterocycles. The lowest BCUT2D eigenvalue weighted by Gasteiger charge is -2.26. The molecule has 0 spiro atoms. The summed E-state index contributed by atoms with van der Waals surface area (Å²) in [5, 5.41) is 6.61. The van der Waals surface area contributed by atoms with E-state index in [-0.39, 0.29) is 11.9 Å². The van der Waals surface area contributed by atoms with Gasteiger partial charge in [0.15, 0.2) is 0 Å². The van der Waals surface area contributed by atoms with Crippen LogP contribution in [0.1, 0.15) is 78.6 Å². The minimum absolute atomic E-state index is 0.0708. The monoisotopic (exact) mass is 268 g/mol. The number of hydrogen-bond donors (Lipinski definition) is 2. The van der Waals surface area contributed by atoms with Gasteiger partial charge in [-0.1, -0.05) is 45.4 Å². The minimum Gasteiger partial charge on any atom is -0.352 e. The van der Waals surface area contributed by atoms with Gasteiger partial charge in [-0.05, 0) is 33.1 Å². The molecule has 0 radical (unpaired) electrons. The van der Waals surface area contributed by atoms with Crippen LogP contribution in [-0.2, 0) is 4.79 Å². The highest BCUT2D eigenvalue weighted by molar-refractivity contribution is 5.81. The van der Waals surface area contributed by atoms with E-state index in [0.29, 0.717) is 12.1 Å². The van der Waals surface area contributed by atoms with Gasteiger partial charge >= 0.3 is 0 Å². The van der Waals surface area contributed by atoms with Crippen LogP contribution in [0.3, 0.4) is 0 Å². The standard InChI is InChI=1S/C16H32N2O/c1-4-5-7-10-13(2)17-14(3)16(19)18-15-11-8-6-9-12-15/h13-15,17H,4-12H2,1-3H3,(H,18,19). The Morgan fingerprint density at radius 2 is 1.84 bits per heavy atom. The van der Waals surface area contributed by atoms with Crippen LogP contribution in [0.4, 0.5) is 0 Å². The lowest BCUT2D eigenvalue weighted by Crippen LogP contribution is -2.49. The van der Waals surface area contributed by atoms with Crippen LogP contribution in [0.15, 0.2) is 0 Å². The van der Waals surface area contributed by atoms with Gasteiger partial charge in [-0.25, -0.2) is 0 Å². The summed E-state index contributed by atoms with van der Waals surface area (Å²) in [7, 11) is 0. The van der Waals surface area contributed by atoms with Gasteiger partial charge in [0.2, 0.25) is 5.91 Å². The highest BCUT2D eigenvalue weighted by atomic mass is 16.2. The predicted molar refractivity (Wildman–Crippen MR) is 81.2 cm³/mol. The van der Waals surface area contributed by atoms with Crippen molar-refractivity contribution in [3.05, 3.63) is 0 Å². The van der Waals surface area contributed by atoms with Crippen molar-refractivity contribution in [2.75, 3.05) is 0 Å². The van der Waals surface area contributed by atoms with Gasteiger partial charge in [0.1, 0.15) is 0 Å². The lowest BCUT2D eigenvalue weighted by atomic mass is 9.95. The zero-order valence-electron chi connectivity index (χ0n) is 13.0. The summed E-state index contributed by atoms with van der Waals surface area (Å²) in [6.45, 7) is 6.38. The maximum Gasteiger partial charge on any atom is 0.237 e. The fraction of sp³-hybridized carbons (Fsp3) is 0.938. The Balaban J connectivity index is 2.19. The number of rotatable bonds is 8. The molecule has 1 rings (SSSR count). The summed E-state index contributed by atoms with van der Waals surface area (Å²) in [6.07, 6.45) is 11.1. The Hall–Kier alpha value is -0.570. The molecule has 1 saturated carbocycles. The molecule has 0 aromatic carbocycles. The van der Waals surface area contributed by atoms with Gasteiger partial charge in [0.25, 0.3) is 0 Å². The SMILES string of the molecule is CCCCCC(C)NC(C)C(=O)NC1CCCCC1. The van der Waals surface area contributed by atoms with Crippen molar-refractivity contribution in [3.63, 3.8) is 0 Å². The van der Waals surface area contributed by atoms with Gasteiger partial charge in [-0.15, -0.1) is 0 Å². The number of carbonyl (C=O) groups excluding carboxylic acids is 1. The highest BCUT2D eigenvalue weighted by Gasteiger charge is 2.20. The van der Waals surface area contributed by atoms with Crippen molar-refractivity contribution in [2.24, 2.45) is 0 Å². The van der Waals surface area contributed by atoms with E-state index in [2.05, 4.69) is 24.5 Å². The van der Waals surface area contributed by atoms with E-state index in [1.165, 1.54) is 38.5 Å². The summed E-state index contributed by atoms with van der Waals surface area (Å²) in [4.78, 5) is 12.1. The molecular formula is C16H32N2O. The van der Waals surface area contributed by atoms with Crippen molar-refractivity contribution in [1.82, 2.24) is 10.6 Å². The second kappa shape index (κ2) is 9.35. The van der Waals surface area contributed by atoms with Crippen LogP contribution < -0.4 is 10.6 Å². The molecule has 0 aliphatic heterocycles. The Morgan fingerprint density at radius 3 is 2.47 bits per heavy atom. The van der Waals surface area contributed by atoms with Crippen LogP contribution in [0.2, 0.25) is 0 Å². The summed E-state index contributed by atoms with van der Waals surface area (Å²) in [5.41, 5.74) is 0. The Bertz CT molecular complexity index is 249. The third-order valence-corrected chi connectivity index (χ3v) is 4.12. The van der Waals surface area contributed by atoms with Crippen molar-refractivity contribution < 1.29 is 4.79 Å². The van der Waals surface area contributed by atoms with Crippen LogP contribution >= 0.6 is 0 Å². The van der Waals surface area contributed by atoms with Gasteiger partial charge in [0.05, 0.1) is 6.04 Å². The quantitative estimate of drug-likeness (QED) is 0.663. The highest BCUT2D eigenvalue weighted by Crippen LogP contribution is 2.17. The summed E-state index contributed by atoms with van der Waals surface area (Å²) < 4.78 is 0. The number of nitrogens with one attached hydrogen (secondary N) is 2. The van der Waals surface area contributed by atoms with Gasteiger partial charge in [-0.3, -0.25) is 4.79 Å². The summed E-state index contributed by atoms with van der Waals surface area (Å²) >= 11 is 0. The summed E-state index contributed by atoms with van der Waals surface area (Å²) in [6, 6.07) is 0.776. The zero-order chi connectivity index (χ0) is 14.1. The largest absolute Gasteiger partial charge is 0.352 e. The molecule has 0 heterocycles. The molecule has 2 atom stereocenters. The van der Waals surface area contributed by atoms with Crippen molar-refractivity contribution in [1.29, 1.82) is 0 Å². The van der Waals surface area contributed by atoms with Crippen LogP contribution in [0.25, 0.3) is 0 Å². The van der Waals surface area contributed by atoms with Crippen molar-refractivity contribution >= 4 is 5.91 Å². The van der Waals surface area contributed by atoms with E-state index in [1.807, 2.05) is 6.92 Å². The Labute approximate surface area is 118 Å². The number of amides is 1. The molecule has 0 saturated heterocycles. The molecule has 112 valence electrons. The fourth-order valence-corrected chi connectivity index (χ4v) is 2.86. The molecule has 0 aromatic rings. The molecule has 1 amide bonds. The fourth-order valence-electron chi connectivity index (χ4n) is 2.86. The van der Waals surface area contributed by atoms with E-state index in [9.17, 15) is 4.79 Å². The topological polar surface area (TPSA) is 41.1 Å². The molecule has 1 fully saturated rings. The Kier molecular flexibility index (Phi) is 8.11. The Morgan fingerprint density at radius 1 is 1.16 bits per heavy atom. The van der Waals surface area contributed by atoms with E-state index in [1.54, 1.807) is 0 Å². The van der Waals surface area contributed by atoms with E-state index >= 15 is 0 Å². The average molecular weight is 268 g/mol. The molecule has 19 heavy (non-hydrogen) atoms. The first-order chi connectivity index (χ1) is 9.13. The first-order valence-electron chi connectivity index (χ1n) is 8.20. The second-order valence-corrected chi connectivity index (χ2v) is 6.13. The van der Waals surface area contributed by atoms with Crippen molar-refractivity contribution in [2.45, 2.75) is 96.7 Å². The molecule has 1 aliphatic carbocycles. The van der Waals surface area contributed by atoms with Crippen molar-refractivity contribution in [3.8, 4) is 0 Å². The molecule has 3 nitrogen and oxygen atoms in total. The smallest absolute Gasteiger partial charge is 0.237 e. The van der Waals surface area contributed by atoms with Crippen LogP contribution in [0.5, 0.6) is 0 Å². The number of hydrogen-bond acceptors (Lipinski definition) is 2. The first-order valence-corrected chi connectivity index (χ1v) is 8.20. The first kappa shape index (κ1) is 16.5. The number of unbranched alkanes of at least 4 members (excludes halogenated alkanes) is 2. The van der Waals surface area contributed by atoms with Gasteiger partial charge < -0.3 is 10.6 Å². The second-order valence-electron chi connectivity index (χ2n) is 6.13. The molecular weight excluding hydrogens is 236 g/mol. The van der Waals surface area contributed by atoms with E-state index < -0.39 is 0 Å². The number of carbonyl (C=O) groups is 1. The van der Waals surface area contributed by atoms with E-state index in [4.69, 9.17) is 0 Å². The minimum atomic E-state index is -0.0708. The van der Waals surface area contributed by atoms with Crippen LogP contribution in [-0.4, -0.2) is 24.0 Å².